The van der Waals surface area contributed by atoms with Crippen molar-refractivity contribution in [3.05, 3.63) is 89.7 Å². The third kappa shape index (κ3) is 7.53. The quantitative estimate of drug-likeness (QED) is 0.290. The number of aliphatic carboxylic acids is 1. The first-order chi connectivity index (χ1) is 19.0. The lowest BCUT2D eigenvalue weighted by Gasteiger charge is -2.29. The zero-order chi connectivity index (χ0) is 28.9. The molecule has 3 aromatic carbocycles. The SMILES string of the molecule is C[C@@H](NC(=O)[C@H]1CC[C@H](NS(=O)(=O)c2ccc(-c3ccc(C[C@H](N)C(=O)O)cc3)cc2)CC1)c1ccc(F)cc1. The molecule has 1 fully saturated rings. The molecule has 5 N–H and O–H groups in total. The highest BCUT2D eigenvalue weighted by atomic mass is 32.2. The maximum absolute atomic E-state index is 13.2. The van der Waals surface area contributed by atoms with Crippen LogP contribution >= 0.6 is 0 Å². The van der Waals surface area contributed by atoms with Gasteiger partial charge in [0, 0.05) is 12.0 Å². The van der Waals surface area contributed by atoms with Crippen LogP contribution in [-0.2, 0) is 26.0 Å². The first kappa shape index (κ1) is 29.4. The molecular formula is C30H34FN3O5S. The highest BCUT2D eigenvalue weighted by Gasteiger charge is 2.29. The van der Waals surface area contributed by atoms with Crippen LogP contribution in [-0.4, -0.2) is 37.5 Å². The molecule has 40 heavy (non-hydrogen) atoms. The highest BCUT2D eigenvalue weighted by molar-refractivity contribution is 7.89. The predicted octanol–water partition coefficient (Wildman–Crippen LogP) is 4.16. The molecular weight excluding hydrogens is 533 g/mol. The molecule has 8 nitrogen and oxygen atoms in total. The number of carboxylic acid groups (broad SMARTS) is 1. The molecule has 0 aromatic heterocycles. The molecule has 1 amide bonds. The second-order valence-corrected chi connectivity index (χ2v) is 12.0. The van der Waals surface area contributed by atoms with Crippen LogP contribution in [0.15, 0.2) is 77.7 Å². The summed E-state index contributed by atoms with van der Waals surface area (Å²) in [5, 5.41) is 12.0. The van der Waals surface area contributed by atoms with Crippen LogP contribution in [0.4, 0.5) is 4.39 Å². The van der Waals surface area contributed by atoms with Gasteiger partial charge in [-0.25, -0.2) is 17.5 Å². The van der Waals surface area contributed by atoms with E-state index in [-0.39, 0.29) is 41.0 Å². The van der Waals surface area contributed by atoms with Crippen molar-refractivity contribution in [2.24, 2.45) is 11.7 Å². The molecule has 3 aromatic rings. The zero-order valence-corrected chi connectivity index (χ0v) is 23.0. The molecule has 0 aliphatic heterocycles. The first-order valence-electron chi connectivity index (χ1n) is 13.3. The van der Waals surface area contributed by atoms with E-state index in [0.717, 1.165) is 22.3 Å². The number of benzene rings is 3. The number of rotatable bonds is 10. The summed E-state index contributed by atoms with van der Waals surface area (Å²) in [6.07, 6.45) is 2.47. The number of hydrogen-bond donors (Lipinski definition) is 4. The normalized spacial score (nSPS) is 19.0. The van der Waals surface area contributed by atoms with Crippen LogP contribution in [0.3, 0.4) is 0 Å². The van der Waals surface area contributed by atoms with Crippen LogP contribution < -0.4 is 15.8 Å². The summed E-state index contributed by atoms with van der Waals surface area (Å²) in [6.45, 7) is 1.85. The third-order valence-corrected chi connectivity index (χ3v) is 8.91. The van der Waals surface area contributed by atoms with Crippen molar-refractivity contribution in [1.29, 1.82) is 0 Å². The molecule has 212 valence electrons. The third-order valence-electron chi connectivity index (χ3n) is 7.37. The Hall–Kier alpha value is -3.60. The lowest BCUT2D eigenvalue weighted by molar-refractivity contribution is -0.138. The Kier molecular flexibility index (Phi) is 9.34. The van der Waals surface area contributed by atoms with Gasteiger partial charge in [0.05, 0.1) is 10.9 Å². The molecule has 10 heteroatoms. The van der Waals surface area contributed by atoms with Gasteiger partial charge < -0.3 is 16.2 Å². The Morgan fingerprint density at radius 3 is 2.02 bits per heavy atom. The minimum absolute atomic E-state index is 0.0773. The number of nitrogens with two attached hydrogens (primary N) is 1. The second kappa shape index (κ2) is 12.7. The molecule has 0 spiro atoms. The smallest absolute Gasteiger partial charge is 0.320 e. The Balaban J connectivity index is 1.29. The van der Waals surface area contributed by atoms with E-state index < -0.39 is 22.0 Å². The fourth-order valence-electron chi connectivity index (χ4n) is 4.93. The standard InChI is InChI=1S/C30H34FN3O5S/c1-19(21-6-12-25(31)13-7-21)33-29(35)24-8-14-26(15-9-24)34-40(38,39)27-16-10-23(11-17-27)22-4-2-20(3-5-22)18-28(32)30(36)37/h2-7,10-13,16-17,19,24,26,28,34H,8-9,14-15,18,32H2,1H3,(H,33,35)(H,36,37)/t19-,24-,26-,28+/m1/s1. The fourth-order valence-corrected chi connectivity index (χ4v) is 6.23. The van der Waals surface area contributed by atoms with E-state index >= 15 is 0 Å². The van der Waals surface area contributed by atoms with E-state index in [0.29, 0.717) is 25.7 Å². The summed E-state index contributed by atoms with van der Waals surface area (Å²) >= 11 is 0. The highest BCUT2D eigenvalue weighted by Crippen LogP contribution is 2.28. The lowest BCUT2D eigenvalue weighted by atomic mass is 9.85. The number of carbonyl (C=O) groups is 2. The van der Waals surface area contributed by atoms with Crippen molar-refractivity contribution < 1.29 is 27.5 Å². The summed E-state index contributed by atoms with van der Waals surface area (Å²) in [4.78, 5) is 23.9. The summed E-state index contributed by atoms with van der Waals surface area (Å²) < 4.78 is 42.0. The number of halogens is 1. The van der Waals surface area contributed by atoms with Crippen LogP contribution in [0, 0.1) is 11.7 Å². The van der Waals surface area contributed by atoms with Gasteiger partial charge >= 0.3 is 5.97 Å². The van der Waals surface area contributed by atoms with Crippen molar-refractivity contribution >= 4 is 21.9 Å². The molecule has 0 unspecified atom stereocenters. The molecule has 4 rings (SSSR count). The van der Waals surface area contributed by atoms with E-state index in [4.69, 9.17) is 10.8 Å². The van der Waals surface area contributed by atoms with Crippen molar-refractivity contribution in [3.63, 3.8) is 0 Å². The van der Waals surface area contributed by atoms with Gasteiger partial charge in [-0.3, -0.25) is 9.59 Å². The van der Waals surface area contributed by atoms with Gasteiger partial charge in [-0.2, -0.15) is 0 Å². The van der Waals surface area contributed by atoms with Crippen LogP contribution in [0.25, 0.3) is 11.1 Å². The number of carbonyl (C=O) groups excluding carboxylic acids is 1. The largest absolute Gasteiger partial charge is 0.480 e. The van der Waals surface area contributed by atoms with Crippen LogP contribution in [0.5, 0.6) is 0 Å². The van der Waals surface area contributed by atoms with Gasteiger partial charge in [0.2, 0.25) is 15.9 Å². The maximum Gasteiger partial charge on any atom is 0.320 e. The molecule has 1 saturated carbocycles. The number of carboxylic acids is 1. The number of hydrogen-bond acceptors (Lipinski definition) is 5. The van der Waals surface area contributed by atoms with E-state index in [9.17, 15) is 22.4 Å². The van der Waals surface area contributed by atoms with Crippen molar-refractivity contribution in [1.82, 2.24) is 10.0 Å². The summed E-state index contributed by atoms with van der Waals surface area (Å²) in [5.41, 5.74) is 8.91. The van der Waals surface area contributed by atoms with Crippen molar-refractivity contribution in [2.45, 2.75) is 62.0 Å². The molecule has 1 aliphatic carbocycles. The van der Waals surface area contributed by atoms with Gasteiger partial charge in [0.25, 0.3) is 0 Å². The Morgan fingerprint density at radius 1 is 0.925 bits per heavy atom. The monoisotopic (exact) mass is 567 g/mol. The van der Waals surface area contributed by atoms with Gasteiger partial charge in [-0.15, -0.1) is 0 Å². The van der Waals surface area contributed by atoms with Gasteiger partial charge in [-0.1, -0.05) is 48.5 Å². The van der Waals surface area contributed by atoms with E-state index in [1.807, 2.05) is 31.2 Å². The first-order valence-corrected chi connectivity index (χ1v) is 14.8. The summed E-state index contributed by atoms with van der Waals surface area (Å²) in [6, 6.07) is 18.4. The minimum atomic E-state index is -3.73. The Morgan fingerprint density at radius 2 is 1.48 bits per heavy atom. The van der Waals surface area contributed by atoms with E-state index in [1.165, 1.54) is 12.1 Å². The molecule has 0 saturated heterocycles. The summed E-state index contributed by atoms with van der Waals surface area (Å²) in [5.74, 6) is -1.66. The zero-order valence-electron chi connectivity index (χ0n) is 22.2. The topological polar surface area (TPSA) is 139 Å². The average molecular weight is 568 g/mol. The minimum Gasteiger partial charge on any atom is -0.480 e. The second-order valence-electron chi connectivity index (χ2n) is 10.3. The molecule has 2 atom stereocenters. The maximum atomic E-state index is 13.2. The molecule has 0 radical (unpaired) electrons. The van der Waals surface area contributed by atoms with E-state index in [2.05, 4.69) is 10.0 Å². The van der Waals surface area contributed by atoms with Gasteiger partial charge in [0.15, 0.2) is 0 Å². The van der Waals surface area contributed by atoms with E-state index in [1.54, 1.807) is 36.4 Å². The fraction of sp³-hybridized carbons (Fsp3) is 0.333. The Labute approximate surface area is 233 Å². The lowest BCUT2D eigenvalue weighted by Crippen LogP contribution is -2.41. The Bertz CT molecular complexity index is 1420. The van der Waals surface area contributed by atoms with Gasteiger partial charge in [0.1, 0.15) is 11.9 Å². The summed E-state index contributed by atoms with van der Waals surface area (Å²) in [7, 11) is -3.73. The molecule has 0 heterocycles. The van der Waals surface area contributed by atoms with Crippen molar-refractivity contribution in [2.75, 3.05) is 0 Å². The molecule has 1 aliphatic rings. The number of amides is 1. The van der Waals surface area contributed by atoms with Crippen molar-refractivity contribution in [3.8, 4) is 11.1 Å². The number of sulfonamides is 1. The van der Waals surface area contributed by atoms with Crippen LogP contribution in [0.2, 0.25) is 0 Å². The molecule has 0 bridgehead atoms. The average Bonchev–Trinajstić information content (AvgIpc) is 2.94. The number of nitrogens with one attached hydrogen (secondary N) is 2. The predicted molar refractivity (Wildman–Crippen MR) is 150 cm³/mol. The van der Waals surface area contributed by atoms with Gasteiger partial charge in [-0.05, 0) is 85.5 Å². The van der Waals surface area contributed by atoms with Crippen LogP contribution in [0.1, 0.15) is 49.8 Å².